The van der Waals surface area contributed by atoms with Crippen molar-refractivity contribution in [3.63, 3.8) is 0 Å². The minimum absolute atomic E-state index is 0.159. The van der Waals surface area contributed by atoms with E-state index < -0.39 is 0 Å². The van der Waals surface area contributed by atoms with Gasteiger partial charge >= 0.3 is 221 Å². The second-order valence-corrected chi connectivity index (χ2v) is 14.0. The minimum atomic E-state index is 0.159. The molecule has 0 spiro atoms. The predicted octanol–water partition coefficient (Wildman–Crippen LogP) is 3.61. The topological polar surface area (TPSA) is 53.1 Å². The Morgan fingerprint density at radius 2 is 0.972 bits per heavy atom. The molecular weight excluding hydrogens is 582 g/mol. The van der Waals surface area contributed by atoms with Gasteiger partial charge < -0.3 is 0 Å². The van der Waals surface area contributed by atoms with Gasteiger partial charge in [0.25, 0.3) is 0 Å². The van der Waals surface area contributed by atoms with Crippen LogP contribution in [0.4, 0.5) is 0 Å². The van der Waals surface area contributed by atoms with Crippen molar-refractivity contribution in [3.05, 3.63) is 97.3 Å². The van der Waals surface area contributed by atoms with Crippen LogP contribution in [0.5, 0.6) is 11.5 Å². The Morgan fingerprint density at radius 3 is 1.36 bits per heavy atom. The second-order valence-electron chi connectivity index (χ2n) is 8.02. The molecule has 2 aromatic carbocycles. The molecule has 4 aromatic heterocycles. The van der Waals surface area contributed by atoms with Gasteiger partial charge in [-0.2, -0.15) is 0 Å². The number of imidazole rings is 2. The molecule has 0 saturated heterocycles. The number of ether oxygens (including phenoxy) is 2. The van der Waals surface area contributed by atoms with E-state index in [2.05, 4.69) is 69.7 Å². The molecule has 6 rings (SSSR count). The van der Waals surface area contributed by atoms with Crippen LogP contribution in [-0.4, -0.2) is 59.3 Å². The first kappa shape index (κ1) is 22.9. The van der Waals surface area contributed by atoms with E-state index in [9.17, 15) is 0 Å². The van der Waals surface area contributed by atoms with Gasteiger partial charge in [0.2, 0.25) is 0 Å². The van der Waals surface area contributed by atoms with Crippen molar-refractivity contribution < 1.29 is 9.47 Å². The molecule has 0 unspecified atom stereocenters. The Labute approximate surface area is 219 Å². The van der Waals surface area contributed by atoms with Gasteiger partial charge in [-0.25, -0.2) is 0 Å². The third kappa shape index (κ3) is 4.19. The molecule has 6 aromatic rings. The maximum absolute atomic E-state index is 5.33. The van der Waals surface area contributed by atoms with Crippen LogP contribution in [0.25, 0.3) is 33.8 Å². The van der Waals surface area contributed by atoms with E-state index in [4.69, 9.17) is 19.4 Å². The predicted molar refractivity (Wildman–Crippen MR) is 145 cm³/mol. The number of fused-ring (bicyclic) bond motifs is 2. The molecule has 8 heteroatoms. The van der Waals surface area contributed by atoms with Crippen molar-refractivity contribution in [2.75, 3.05) is 14.2 Å². The summed E-state index contributed by atoms with van der Waals surface area (Å²) in [6.45, 7) is 0. The zero-order valence-corrected chi connectivity index (χ0v) is 23.1. The van der Waals surface area contributed by atoms with Crippen molar-refractivity contribution in [1.82, 2.24) is 18.8 Å². The summed E-state index contributed by atoms with van der Waals surface area (Å²) in [5.41, 5.74) is 4.45. The van der Waals surface area contributed by atoms with Gasteiger partial charge in [-0.3, -0.25) is 0 Å². The van der Waals surface area contributed by atoms with Crippen LogP contribution in [-0.2, 0) is 0 Å². The van der Waals surface area contributed by atoms with Gasteiger partial charge in [0, 0.05) is 0 Å². The van der Waals surface area contributed by atoms with Crippen LogP contribution < -0.4 is 18.7 Å². The van der Waals surface area contributed by atoms with Crippen LogP contribution >= 0.6 is 0 Å². The number of nitrogens with zero attached hydrogens (tertiary/aromatic N) is 4. The Bertz CT molecular complexity index is 1530. The molecule has 0 aliphatic carbocycles. The van der Waals surface area contributed by atoms with Crippen molar-refractivity contribution in [3.8, 4) is 34.3 Å². The van der Waals surface area contributed by atoms with Crippen molar-refractivity contribution >= 4 is 46.5 Å². The van der Waals surface area contributed by atoms with Gasteiger partial charge in [0.1, 0.15) is 0 Å². The van der Waals surface area contributed by atoms with Crippen LogP contribution in [0.1, 0.15) is 0 Å². The normalized spacial score (nSPS) is 11.3. The number of hydrogen-bond donors (Lipinski definition) is 0. The average Bonchev–Trinajstić information content (AvgIpc) is 3.51. The Hall–Kier alpha value is -3.54. The standard InChI is InChI=1S/C28H22N4O2Se2/c1-33-21-13-9-19(10-14-21)25-29-27(23-7-3-5-17-31(23)25)35-36-28-24-8-4-6-18-32(24)26(30-28)20-11-15-22(34-2)16-12-20/h3-18H,1-2H3. The van der Waals surface area contributed by atoms with Gasteiger partial charge in [0.15, 0.2) is 0 Å². The summed E-state index contributed by atoms with van der Waals surface area (Å²) < 4.78 is 17.3. The van der Waals surface area contributed by atoms with E-state index >= 15 is 0 Å². The van der Waals surface area contributed by atoms with Gasteiger partial charge in [-0.1, -0.05) is 0 Å². The molecule has 0 atom stereocenters. The number of benzene rings is 2. The third-order valence-corrected chi connectivity index (χ3v) is 12.4. The van der Waals surface area contributed by atoms with Gasteiger partial charge in [0.05, 0.1) is 0 Å². The molecule has 0 fully saturated rings. The monoisotopic (exact) mass is 606 g/mol. The molecule has 0 bridgehead atoms. The molecule has 0 aliphatic heterocycles. The summed E-state index contributed by atoms with van der Waals surface area (Å²) in [4.78, 5) is 10.2. The molecule has 178 valence electrons. The van der Waals surface area contributed by atoms with Crippen molar-refractivity contribution in [2.24, 2.45) is 0 Å². The summed E-state index contributed by atoms with van der Waals surface area (Å²) in [5.74, 6) is 3.59. The number of pyridine rings is 2. The molecule has 0 aliphatic rings. The Kier molecular flexibility index (Phi) is 6.26. The SMILES string of the molecule is COc1ccc(-c2nc([Se][Se]c3nc(-c4ccc(OC)cc4)n4ccccc34)c3ccccn23)cc1. The van der Waals surface area contributed by atoms with Gasteiger partial charge in [-0.05, 0) is 0 Å². The fraction of sp³-hybridized carbons (Fsp3) is 0.0714. The summed E-state index contributed by atoms with van der Waals surface area (Å²) >= 11 is 0.318. The maximum atomic E-state index is 5.33. The van der Waals surface area contributed by atoms with Crippen LogP contribution in [0.2, 0.25) is 0 Å². The first-order valence-corrected chi connectivity index (χ1v) is 17.4. The molecule has 36 heavy (non-hydrogen) atoms. The first-order valence-electron chi connectivity index (χ1n) is 11.3. The van der Waals surface area contributed by atoms with E-state index in [0.29, 0.717) is 0 Å². The molecule has 4 heterocycles. The van der Waals surface area contributed by atoms with Crippen LogP contribution in [0.3, 0.4) is 0 Å². The number of hydrogen-bond acceptors (Lipinski definition) is 4. The molecule has 0 N–H and O–H groups in total. The quantitative estimate of drug-likeness (QED) is 0.262. The third-order valence-electron chi connectivity index (χ3n) is 5.93. The van der Waals surface area contributed by atoms with E-state index in [0.717, 1.165) is 54.5 Å². The number of rotatable bonds is 7. The van der Waals surface area contributed by atoms with E-state index in [1.54, 1.807) is 14.2 Å². The Morgan fingerprint density at radius 1 is 0.556 bits per heavy atom. The fourth-order valence-corrected chi connectivity index (χ4v) is 10.4. The van der Waals surface area contributed by atoms with Gasteiger partial charge in [-0.15, -0.1) is 0 Å². The van der Waals surface area contributed by atoms with Crippen molar-refractivity contribution in [1.29, 1.82) is 0 Å². The van der Waals surface area contributed by atoms with E-state index in [1.807, 2.05) is 36.4 Å². The molecule has 6 nitrogen and oxygen atoms in total. The van der Waals surface area contributed by atoms with Crippen molar-refractivity contribution in [2.45, 2.75) is 0 Å². The molecular formula is C28H22N4O2Se2. The first-order chi connectivity index (χ1) is 17.7. The van der Waals surface area contributed by atoms with Crippen LogP contribution in [0.15, 0.2) is 97.3 Å². The zero-order valence-electron chi connectivity index (χ0n) is 19.7. The second kappa shape index (κ2) is 9.84. The van der Waals surface area contributed by atoms with E-state index in [1.165, 1.54) is 0 Å². The molecule has 0 saturated carbocycles. The fourth-order valence-electron chi connectivity index (χ4n) is 4.11. The summed E-state index contributed by atoms with van der Waals surface area (Å²) in [6.07, 6.45) is 4.17. The zero-order chi connectivity index (χ0) is 24.5. The molecule has 0 radical (unpaired) electrons. The number of aromatic nitrogens is 4. The van der Waals surface area contributed by atoms with Crippen LogP contribution in [0, 0.1) is 0 Å². The number of methoxy groups -OCH3 is 2. The van der Waals surface area contributed by atoms with E-state index in [-0.39, 0.29) is 26.3 Å². The molecule has 0 amide bonds. The summed E-state index contributed by atoms with van der Waals surface area (Å²) in [5, 5.41) is 0. The Balaban J connectivity index is 1.35. The summed E-state index contributed by atoms with van der Waals surface area (Å²) in [7, 11) is 3.37. The summed E-state index contributed by atoms with van der Waals surface area (Å²) in [6, 6.07) is 28.7. The average molecular weight is 604 g/mol.